The first-order valence-corrected chi connectivity index (χ1v) is 4.84. The van der Waals surface area contributed by atoms with Crippen LogP contribution < -0.4 is 5.32 Å². The summed E-state index contributed by atoms with van der Waals surface area (Å²) in [7, 11) is 0. The Kier molecular flexibility index (Phi) is 4.45. The van der Waals surface area contributed by atoms with Crippen molar-refractivity contribution < 1.29 is 23.1 Å². The van der Waals surface area contributed by atoms with Crippen molar-refractivity contribution in [3.8, 4) is 0 Å². The maximum absolute atomic E-state index is 11.8. The molecular formula is C10H11F3N2O2. The summed E-state index contributed by atoms with van der Waals surface area (Å²) in [5.41, 5.74) is 0.543. The second-order valence-electron chi connectivity index (χ2n) is 3.39. The third kappa shape index (κ3) is 5.30. The van der Waals surface area contributed by atoms with Crippen molar-refractivity contribution in [3.63, 3.8) is 0 Å². The molecule has 7 heteroatoms. The highest BCUT2D eigenvalue weighted by molar-refractivity contribution is 5.87. The standard InChI is InChI=1S/C10H11F3N2O2/c11-10(12,13)3-4-14-6-8-2-1-7(5-15-8)9(16)17/h1-2,5,14H,3-4,6H2,(H,16,17). The number of aromatic nitrogens is 1. The highest BCUT2D eigenvalue weighted by atomic mass is 19.4. The Balaban J connectivity index is 2.35. The van der Waals surface area contributed by atoms with Crippen LogP contribution in [0.2, 0.25) is 0 Å². The van der Waals surface area contributed by atoms with Crippen LogP contribution in [-0.4, -0.2) is 28.8 Å². The normalized spacial score (nSPS) is 11.5. The highest BCUT2D eigenvalue weighted by Gasteiger charge is 2.25. The van der Waals surface area contributed by atoms with Crippen molar-refractivity contribution in [2.75, 3.05) is 6.54 Å². The Morgan fingerprint density at radius 3 is 2.59 bits per heavy atom. The molecule has 0 fully saturated rings. The van der Waals surface area contributed by atoms with Crippen molar-refractivity contribution in [3.05, 3.63) is 29.6 Å². The summed E-state index contributed by atoms with van der Waals surface area (Å²) in [5.74, 6) is -1.09. The molecule has 0 spiro atoms. The molecule has 4 nitrogen and oxygen atoms in total. The average molecular weight is 248 g/mol. The topological polar surface area (TPSA) is 62.2 Å². The molecule has 1 aromatic rings. The molecule has 0 radical (unpaired) electrons. The van der Waals surface area contributed by atoms with Gasteiger partial charge in [0.15, 0.2) is 0 Å². The van der Waals surface area contributed by atoms with Crippen LogP contribution >= 0.6 is 0 Å². The van der Waals surface area contributed by atoms with E-state index in [4.69, 9.17) is 5.11 Å². The molecule has 1 aromatic heterocycles. The molecule has 0 unspecified atom stereocenters. The number of carboxylic acids is 1. The zero-order valence-corrected chi connectivity index (χ0v) is 8.79. The largest absolute Gasteiger partial charge is 0.478 e. The van der Waals surface area contributed by atoms with E-state index in [0.717, 1.165) is 0 Å². The predicted molar refractivity (Wildman–Crippen MR) is 53.6 cm³/mol. The second-order valence-corrected chi connectivity index (χ2v) is 3.39. The van der Waals surface area contributed by atoms with E-state index in [2.05, 4.69) is 10.3 Å². The Hall–Kier alpha value is -1.63. The summed E-state index contributed by atoms with van der Waals surface area (Å²) >= 11 is 0. The maximum atomic E-state index is 11.8. The Bertz CT molecular complexity index is 376. The molecule has 0 saturated heterocycles. The number of alkyl halides is 3. The lowest BCUT2D eigenvalue weighted by Gasteiger charge is -2.07. The summed E-state index contributed by atoms with van der Waals surface area (Å²) in [6.45, 7) is -0.0121. The van der Waals surface area contributed by atoms with E-state index in [1.165, 1.54) is 18.3 Å². The fourth-order valence-corrected chi connectivity index (χ4v) is 1.10. The molecule has 0 aliphatic carbocycles. The summed E-state index contributed by atoms with van der Waals surface area (Å²) in [5, 5.41) is 11.2. The van der Waals surface area contributed by atoms with Gasteiger partial charge in [0.1, 0.15) is 0 Å². The van der Waals surface area contributed by atoms with Gasteiger partial charge >= 0.3 is 12.1 Å². The monoisotopic (exact) mass is 248 g/mol. The molecule has 0 bridgehead atoms. The van der Waals surface area contributed by atoms with Crippen LogP contribution in [-0.2, 0) is 6.54 Å². The third-order valence-corrected chi connectivity index (χ3v) is 1.96. The van der Waals surface area contributed by atoms with E-state index >= 15 is 0 Å². The lowest BCUT2D eigenvalue weighted by Crippen LogP contribution is -2.21. The summed E-state index contributed by atoms with van der Waals surface area (Å²) in [4.78, 5) is 14.3. The number of hydrogen-bond donors (Lipinski definition) is 2. The maximum Gasteiger partial charge on any atom is 0.390 e. The highest BCUT2D eigenvalue weighted by Crippen LogP contribution is 2.18. The minimum Gasteiger partial charge on any atom is -0.478 e. The SMILES string of the molecule is O=C(O)c1ccc(CNCCC(F)(F)F)nc1. The lowest BCUT2D eigenvalue weighted by atomic mass is 10.2. The van der Waals surface area contributed by atoms with Gasteiger partial charge in [-0.25, -0.2) is 4.79 Å². The van der Waals surface area contributed by atoms with E-state index < -0.39 is 18.6 Å². The van der Waals surface area contributed by atoms with Gasteiger partial charge in [0.05, 0.1) is 17.7 Å². The minimum atomic E-state index is -4.17. The van der Waals surface area contributed by atoms with E-state index in [1.54, 1.807) is 0 Å². The molecule has 94 valence electrons. The number of hydrogen-bond acceptors (Lipinski definition) is 3. The molecule has 0 aromatic carbocycles. The van der Waals surface area contributed by atoms with Gasteiger partial charge in [-0.1, -0.05) is 0 Å². The number of halogens is 3. The molecule has 0 aliphatic heterocycles. The summed E-state index contributed by atoms with van der Waals surface area (Å²) < 4.78 is 35.4. The van der Waals surface area contributed by atoms with Crippen molar-refractivity contribution >= 4 is 5.97 Å². The van der Waals surface area contributed by atoms with Gasteiger partial charge in [0.25, 0.3) is 0 Å². The molecule has 17 heavy (non-hydrogen) atoms. The lowest BCUT2D eigenvalue weighted by molar-refractivity contribution is -0.133. The van der Waals surface area contributed by atoms with E-state index in [0.29, 0.717) is 5.69 Å². The van der Waals surface area contributed by atoms with Crippen LogP contribution in [0.5, 0.6) is 0 Å². The van der Waals surface area contributed by atoms with Crippen LogP contribution in [0, 0.1) is 0 Å². The number of nitrogens with zero attached hydrogens (tertiary/aromatic N) is 1. The van der Waals surface area contributed by atoms with Crippen LogP contribution in [0.3, 0.4) is 0 Å². The molecule has 0 amide bonds. The van der Waals surface area contributed by atoms with Gasteiger partial charge in [-0.3, -0.25) is 4.98 Å². The first-order chi connectivity index (χ1) is 7.88. The van der Waals surface area contributed by atoms with Gasteiger partial charge in [-0.05, 0) is 12.1 Å². The number of rotatable bonds is 5. The van der Waals surface area contributed by atoms with Gasteiger partial charge in [-0.2, -0.15) is 13.2 Å². The molecule has 1 heterocycles. The van der Waals surface area contributed by atoms with Crippen molar-refractivity contribution in [1.29, 1.82) is 0 Å². The summed E-state index contributed by atoms with van der Waals surface area (Å²) in [6, 6.07) is 2.82. The molecule has 0 aliphatic rings. The quantitative estimate of drug-likeness (QED) is 0.780. The number of nitrogens with one attached hydrogen (secondary N) is 1. The first-order valence-electron chi connectivity index (χ1n) is 4.84. The van der Waals surface area contributed by atoms with E-state index in [-0.39, 0.29) is 18.7 Å². The Morgan fingerprint density at radius 1 is 1.41 bits per heavy atom. The fraction of sp³-hybridized carbons (Fsp3) is 0.400. The van der Waals surface area contributed by atoms with Crippen molar-refractivity contribution in [2.45, 2.75) is 19.1 Å². The van der Waals surface area contributed by atoms with Crippen LogP contribution in [0.4, 0.5) is 13.2 Å². The zero-order valence-electron chi connectivity index (χ0n) is 8.79. The molecule has 2 N–H and O–H groups in total. The molecular weight excluding hydrogens is 237 g/mol. The predicted octanol–water partition coefficient (Wildman–Crippen LogP) is 1.82. The van der Waals surface area contributed by atoms with E-state index in [9.17, 15) is 18.0 Å². The third-order valence-electron chi connectivity index (χ3n) is 1.96. The summed E-state index contributed by atoms with van der Waals surface area (Å²) in [6.07, 6.45) is -3.91. The Labute approximate surface area is 95.5 Å². The zero-order chi connectivity index (χ0) is 12.9. The van der Waals surface area contributed by atoms with Gasteiger partial charge < -0.3 is 10.4 Å². The number of carbonyl (C=O) groups is 1. The molecule has 0 saturated carbocycles. The minimum absolute atomic E-state index is 0.0454. The van der Waals surface area contributed by atoms with Crippen molar-refractivity contribution in [2.24, 2.45) is 0 Å². The molecule has 0 atom stereocenters. The fourth-order valence-electron chi connectivity index (χ4n) is 1.10. The smallest absolute Gasteiger partial charge is 0.390 e. The first kappa shape index (κ1) is 13.4. The number of carboxylic acid groups (broad SMARTS) is 1. The molecule has 1 rings (SSSR count). The van der Waals surface area contributed by atoms with Gasteiger partial charge in [0.2, 0.25) is 0 Å². The van der Waals surface area contributed by atoms with Crippen molar-refractivity contribution in [1.82, 2.24) is 10.3 Å². The van der Waals surface area contributed by atoms with Crippen LogP contribution in [0.1, 0.15) is 22.5 Å². The average Bonchev–Trinajstić information content (AvgIpc) is 2.24. The van der Waals surface area contributed by atoms with E-state index in [1.807, 2.05) is 0 Å². The van der Waals surface area contributed by atoms with Gasteiger partial charge in [-0.15, -0.1) is 0 Å². The van der Waals surface area contributed by atoms with Gasteiger partial charge in [0, 0.05) is 19.3 Å². The van der Waals surface area contributed by atoms with Crippen LogP contribution in [0.25, 0.3) is 0 Å². The Morgan fingerprint density at radius 2 is 2.12 bits per heavy atom. The number of pyridine rings is 1. The second kappa shape index (κ2) is 5.62. The van der Waals surface area contributed by atoms with Crippen LogP contribution in [0.15, 0.2) is 18.3 Å². The number of aromatic carboxylic acids is 1.